The number of aryl methyl sites for hydroxylation is 1. The molecule has 152 valence electrons. The van der Waals surface area contributed by atoms with E-state index in [0.29, 0.717) is 18.3 Å². The zero-order valence-corrected chi connectivity index (χ0v) is 18.3. The number of amides is 1. The molecule has 0 spiro atoms. The summed E-state index contributed by atoms with van der Waals surface area (Å²) < 4.78 is 1.92. The highest BCUT2D eigenvalue weighted by atomic mass is 16.1. The van der Waals surface area contributed by atoms with Gasteiger partial charge in [0.25, 0.3) is 0 Å². The molecule has 0 bridgehead atoms. The summed E-state index contributed by atoms with van der Waals surface area (Å²) in [5.74, 6) is 0.681. The Hall–Kier alpha value is -2.88. The van der Waals surface area contributed by atoms with Gasteiger partial charge in [-0.05, 0) is 48.9 Å². The molecule has 4 nitrogen and oxygen atoms in total. The molecule has 1 N–H and O–H groups in total. The molecule has 0 aliphatic carbocycles. The molecular formula is C25H31N3O. The molecule has 29 heavy (non-hydrogen) atoms. The van der Waals surface area contributed by atoms with Gasteiger partial charge in [-0.3, -0.25) is 4.79 Å². The highest BCUT2D eigenvalue weighted by molar-refractivity contribution is 5.94. The van der Waals surface area contributed by atoms with E-state index in [4.69, 9.17) is 0 Å². The number of aromatic nitrogens is 2. The average molecular weight is 390 g/mol. The number of nitrogens with zero attached hydrogens (tertiary/aromatic N) is 2. The van der Waals surface area contributed by atoms with Crippen LogP contribution in [-0.4, -0.2) is 15.7 Å². The normalized spacial score (nSPS) is 11.3. The molecule has 0 fully saturated rings. The van der Waals surface area contributed by atoms with E-state index >= 15 is 0 Å². The van der Waals surface area contributed by atoms with Crippen molar-refractivity contribution in [2.45, 2.75) is 59.8 Å². The van der Waals surface area contributed by atoms with Gasteiger partial charge in [0, 0.05) is 16.9 Å². The molecule has 1 amide bonds. The summed E-state index contributed by atoms with van der Waals surface area (Å²) in [5.41, 5.74) is 7.21. The van der Waals surface area contributed by atoms with E-state index in [1.807, 2.05) is 48.9 Å². The minimum Gasteiger partial charge on any atom is -0.325 e. The monoisotopic (exact) mass is 389 g/mol. The van der Waals surface area contributed by atoms with Crippen LogP contribution in [0.15, 0.2) is 48.5 Å². The Balaban J connectivity index is 1.89. The molecule has 2 aromatic carbocycles. The standard InChI is InChI=1S/C25H31N3O/c1-16(2)21-13-10-14-22(17(3)4)25(21)26-24(29)15-23-18(5)27-28(19(23)6)20-11-8-7-9-12-20/h7-14,16-17H,15H2,1-6H3,(H,26,29). The lowest BCUT2D eigenvalue weighted by molar-refractivity contribution is -0.115. The Morgan fingerprint density at radius 3 is 2.07 bits per heavy atom. The van der Waals surface area contributed by atoms with Crippen molar-refractivity contribution in [3.8, 4) is 5.69 Å². The molecule has 3 aromatic rings. The molecule has 4 heteroatoms. The van der Waals surface area contributed by atoms with Crippen molar-refractivity contribution >= 4 is 11.6 Å². The molecule has 0 saturated heterocycles. The van der Waals surface area contributed by atoms with Gasteiger partial charge in [0.1, 0.15) is 0 Å². The van der Waals surface area contributed by atoms with Crippen LogP contribution in [0.4, 0.5) is 5.69 Å². The second kappa shape index (κ2) is 8.64. The second-order valence-corrected chi connectivity index (χ2v) is 8.24. The molecule has 0 unspecified atom stereocenters. The summed E-state index contributed by atoms with van der Waals surface area (Å²) in [4.78, 5) is 13.0. The van der Waals surface area contributed by atoms with Gasteiger partial charge in [0.2, 0.25) is 5.91 Å². The molecule has 0 aliphatic heterocycles. The molecule has 0 atom stereocenters. The summed E-state index contributed by atoms with van der Waals surface area (Å²) in [5, 5.41) is 7.89. The number of nitrogens with one attached hydrogen (secondary N) is 1. The molecule has 1 aromatic heterocycles. The SMILES string of the molecule is Cc1nn(-c2ccccc2)c(C)c1CC(=O)Nc1c(C(C)C)cccc1C(C)C. The number of carbonyl (C=O) groups is 1. The first kappa shape index (κ1) is 20.8. The first-order valence-corrected chi connectivity index (χ1v) is 10.3. The fourth-order valence-corrected chi connectivity index (χ4v) is 3.79. The minimum atomic E-state index is -0.00110. The van der Waals surface area contributed by atoms with Gasteiger partial charge < -0.3 is 5.32 Å². The van der Waals surface area contributed by atoms with Crippen molar-refractivity contribution < 1.29 is 4.79 Å². The Labute approximate surface area is 174 Å². The van der Waals surface area contributed by atoms with Crippen molar-refractivity contribution in [2.24, 2.45) is 0 Å². The van der Waals surface area contributed by atoms with Gasteiger partial charge >= 0.3 is 0 Å². The van der Waals surface area contributed by atoms with E-state index in [9.17, 15) is 4.79 Å². The van der Waals surface area contributed by atoms with Crippen LogP contribution in [0, 0.1) is 13.8 Å². The Bertz CT molecular complexity index is 974. The van der Waals surface area contributed by atoms with Crippen molar-refractivity contribution in [3.05, 3.63) is 76.6 Å². The number of benzene rings is 2. The van der Waals surface area contributed by atoms with E-state index in [1.165, 1.54) is 11.1 Å². The van der Waals surface area contributed by atoms with E-state index in [1.54, 1.807) is 0 Å². The van der Waals surface area contributed by atoms with E-state index in [-0.39, 0.29) is 5.91 Å². The Morgan fingerprint density at radius 1 is 0.931 bits per heavy atom. The molecule has 0 aliphatic rings. The summed E-state index contributed by atoms with van der Waals surface area (Å²) in [7, 11) is 0. The number of anilines is 1. The molecule has 0 radical (unpaired) electrons. The second-order valence-electron chi connectivity index (χ2n) is 8.24. The highest BCUT2D eigenvalue weighted by Crippen LogP contribution is 2.32. The van der Waals surface area contributed by atoms with Crippen LogP contribution in [0.25, 0.3) is 5.69 Å². The van der Waals surface area contributed by atoms with Crippen LogP contribution in [0.5, 0.6) is 0 Å². The van der Waals surface area contributed by atoms with Crippen LogP contribution in [-0.2, 0) is 11.2 Å². The van der Waals surface area contributed by atoms with Crippen molar-refractivity contribution in [3.63, 3.8) is 0 Å². The summed E-state index contributed by atoms with van der Waals surface area (Å²) >= 11 is 0. The topological polar surface area (TPSA) is 46.9 Å². The number of para-hydroxylation sites is 2. The van der Waals surface area contributed by atoms with Gasteiger partial charge in [-0.25, -0.2) is 4.68 Å². The number of hydrogen-bond acceptors (Lipinski definition) is 2. The van der Waals surface area contributed by atoms with E-state index < -0.39 is 0 Å². The van der Waals surface area contributed by atoms with Crippen molar-refractivity contribution in [1.29, 1.82) is 0 Å². The van der Waals surface area contributed by atoms with Gasteiger partial charge in [0.05, 0.1) is 17.8 Å². The first-order chi connectivity index (χ1) is 13.8. The predicted octanol–water partition coefficient (Wildman–Crippen LogP) is 5.92. The van der Waals surface area contributed by atoms with Crippen LogP contribution in [0.2, 0.25) is 0 Å². The lowest BCUT2D eigenvalue weighted by atomic mass is 9.92. The van der Waals surface area contributed by atoms with Gasteiger partial charge in [-0.1, -0.05) is 64.1 Å². The smallest absolute Gasteiger partial charge is 0.228 e. The molecule has 3 rings (SSSR count). The van der Waals surface area contributed by atoms with Crippen molar-refractivity contribution in [2.75, 3.05) is 5.32 Å². The number of carbonyl (C=O) groups excluding carboxylic acids is 1. The van der Waals surface area contributed by atoms with Crippen LogP contribution < -0.4 is 5.32 Å². The van der Waals surface area contributed by atoms with Crippen LogP contribution in [0.3, 0.4) is 0 Å². The van der Waals surface area contributed by atoms with Gasteiger partial charge in [0.15, 0.2) is 0 Å². The lowest BCUT2D eigenvalue weighted by Crippen LogP contribution is -2.18. The van der Waals surface area contributed by atoms with Crippen LogP contribution in [0.1, 0.15) is 67.6 Å². The summed E-state index contributed by atoms with van der Waals surface area (Å²) in [6.07, 6.45) is 0.314. The molecular weight excluding hydrogens is 358 g/mol. The third-order valence-corrected chi connectivity index (χ3v) is 5.42. The molecule has 0 saturated carbocycles. The molecule has 1 heterocycles. The Kier molecular flexibility index (Phi) is 6.21. The number of hydrogen-bond donors (Lipinski definition) is 1. The number of rotatable bonds is 6. The largest absolute Gasteiger partial charge is 0.325 e. The van der Waals surface area contributed by atoms with Gasteiger partial charge in [-0.2, -0.15) is 5.10 Å². The minimum absolute atomic E-state index is 0.00110. The lowest BCUT2D eigenvalue weighted by Gasteiger charge is -2.20. The predicted molar refractivity (Wildman–Crippen MR) is 120 cm³/mol. The van der Waals surface area contributed by atoms with Crippen LogP contribution >= 0.6 is 0 Å². The van der Waals surface area contributed by atoms with Crippen molar-refractivity contribution in [1.82, 2.24) is 9.78 Å². The van der Waals surface area contributed by atoms with E-state index in [0.717, 1.165) is 28.3 Å². The zero-order chi connectivity index (χ0) is 21.1. The van der Waals surface area contributed by atoms with E-state index in [2.05, 4.69) is 56.3 Å². The third kappa shape index (κ3) is 4.42. The fraction of sp³-hybridized carbons (Fsp3) is 0.360. The zero-order valence-electron chi connectivity index (χ0n) is 18.3. The fourth-order valence-electron chi connectivity index (χ4n) is 3.79. The maximum Gasteiger partial charge on any atom is 0.228 e. The van der Waals surface area contributed by atoms with Gasteiger partial charge in [-0.15, -0.1) is 0 Å². The summed E-state index contributed by atoms with van der Waals surface area (Å²) in [6.45, 7) is 12.6. The highest BCUT2D eigenvalue weighted by Gasteiger charge is 2.19. The quantitative estimate of drug-likeness (QED) is 0.569. The maximum atomic E-state index is 13.0. The average Bonchev–Trinajstić information content (AvgIpc) is 2.96. The Morgan fingerprint density at radius 2 is 1.52 bits per heavy atom. The first-order valence-electron chi connectivity index (χ1n) is 10.3. The maximum absolute atomic E-state index is 13.0. The third-order valence-electron chi connectivity index (χ3n) is 5.42. The summed E-state index contributed by atoms with van der Waals surface area (Å²) in [6, 6.07) is 16.3.